The van der Waals surface area contributed by atoms with Gasteiger partial charge in [-0.25, -0.2) is 8.42 Å². The summed E-state index contributed by atoms with van der Waals surface area (Å²) in [6.45, 7) is 0.0553. The molecule has 1 aliphatic heterocycles. The van der Waals surface area contributed by atoms with Crippen LogP contribution in [0.3, 0.4) is 0 Å². The topological polar surface area (TPSA) is 103 Å². The molecule has 7 nitrogen and oxygen atoms in total. The molecule has 126 valence electrons. The second-order valence-corrected chi connectivity index (χ2v) is 7.36. The van der Waals surface area contributed by atoms with Crippen LogP contribution in [0.5, 0.6) is 5.75 Å². The first-order chi connectivity index (χ1) is 11.5. The van der Waals surface area contributed by atoms with Crippen LogP contribution in [0.1, 0.15) is 6.42 Å². The Morgan fingerprint density at radius 2 is 1.96 bits per heavy atom. The number of amides is 1. The van der Waals surface area contributed by atoms with Crippen molar-refractivity contribution in [1.29, 1.82) is 0 Å². The highest BCUT2D eigenvalue weighted by atomic mass is 32.2. The number of nitrogens with two attached hydrogens (primary N) is 1. The molecule has 2 atom stereocenters. The van der Waals surface area contributed by atoms with Gasteiger partial charge in [0.05, 0.1) is 17.6 Å². The van der Waals surface area contributed by atoms with Gasteiger partial charge in [0.2, 0.25) is 15.9 Å². The Balaban J connectivity index is 1.85. The van der Waals surface area contributed by atoms with Crippen molar-refractivity contribution in [2.45, 2.75) is 23.5 Å². The van der Waals surface area contributed by atoms with Crippen LogP contribution < -0.4 is 10.5 Å². The van der Waals surface area contributed by atoms with Crippen molar-refractivity contribution in [2.24, 2.45) is 5.73 Å². The number of rotatable bonds is 5. The van der Waals surface area contributed by atoms with Crippen LogP contribution in [0.2, 0.25) is 0 Å². The predicted molar refractivity (Wildman–Crippen MR) is 86.6 cm³/mol. The molecule has 1 fully saturated rings. The molecule has 24 heavy (non-hydrogen) atoms. The smallest absolute Gasteiger partial charge is 0.243 e. The Hall–Kier alpha value is -2.45. The lowest BCUT2D eigenvalue weighted by Gasteiger charge is -2.21. The maximum atomic E-state index is 12.8. The van der Waals surface area contributed by atoms with Gasteiger partial charge >= 0.3 is 0 Å². The molecule has 0 aliphatic carbocycles. The fraction of sp³-hybridized carbons (Fsp3) is 0.250. The lowest BCUT2D eigenvalue weighted by Crippen LogP contribution is -2.43. The summed E-state index contributed by atoms with van der Waals surface area (Å²) in [4.78, 5) is 15.8. The number of carbonyl (C=O) groups is 1. The lowest BCUT2D eigenvalue weighted by atomic mass is 10.2. The molecule has 0 saturated carbocycles. The van der Waals surface area contributed by atoms with Crippen molar-refractivity contribution < 1.29 is 17.9 Å². The van der Waals surface area contributed by atoms with E-state index in [0.29, 0.717) is 5.75 Å². The molecule has 8 heteroatoms. The zero-order valence-electron chi connectivity index (χ0n) is 12.8. The first-order valence-corrected chi connectivity index (χ1v) is 8.85. The predicted octanol–water partition coefficient (Wildman–Crippen LogP) is 0.777. The molecule has 3 rings (SSSR count). The SMILES string of the molecule is NC(=O)[C@@H]1C[C@H](Oc2cccnc2)CN1S(=O)(=O)c1ccccc1. The van der Waals surface area contributed by atoms with Crippen molar-refractivity contribution in [2.75, 3.05) is 6.54 Å². The van der Waals surface area contributed by atoms with Crippen LogP contribution >= 0.6 is 0 Å². The third-order valence-corrected chi connectivity index (χ3v) is 5.72. The fourth-order valence-corrected chi connectivity index (χ4v) is 4.37. The second kappa shape index (κ2) is 6.58. The molecule has 1 aromatic heterocycles. The van der Waals surface area contributed by atoms with Gasteiger partial charge in [0.15, 0.2) is 0 Å². The number of nitrogens with zero attached hydrogens (tertiary/aromatic N) is 2. The summed E-state index contributed by atoms with van der Waals surface area (Å²) in [5.41, 5.74) is 5.41. The standard InChI is InChI=1S/C16H17N3O4S/c17-16(20)15-9-13(23-12-5-4-8-18-10-12)11-19(15)24(21,22)14-6-2-1-3-7-14/h1-8,10,13,15H,9,11H2,(H2,17,20)/t13-,15-/m0/s1. The van der Waals surface area contributed by atoms with Gasteiger partial charge in [-0.2, -0.15) is 4.31 Å². The third-order valence-electron chi connectivity index (χ3n) is 3.83. The molecule has 0 spiro atoms. The van der Waals surface area contributed by atoms with E-state index >= 15 is 0 Å². The van der Waals surface area contributed by atoms with Gasteiger partial charge in [-0.15, -0.1) is 0 Å². The van der Waals surface area contributed by atoms with E-state index in [1.54, 1.807) is 36.5 Å². The first-order valence-electron chi connectivity index (χ1n) is 7.41. The number of sulfonamides is 1. The Bertz CT molecular complexity index is 812. The van der Waals surface area contributed by atoms with Gasteiger partial charge in [0.25, 0.3) is 0 Å². The summed E-state index contributed by atoms with van der Waals surface area (Å²) in [6.07, 6.45) is 2.88. The number of benzene rings is 1. The maximum absolute atomic E-state index is 12.8. The van der Waals surface area contributed by atoms with Crippen LogP contribution in [0.25, 0.3) is 0 Å². The Morgan fingerprint density at radius 1 is 1.21 bits per heavy atom. The van der Waals surface area contributed by atoms with E-state index in [9.17, 15) is 13.2 Å². The fourth-order valence-electron chi connectivity index (χ4n) is 2.72. The van der Waals surface area contributed by atoms with E-state index in [1.807, 2.05) is 0 Å². The minimum absolute atomic E-state index is 0.0553. The third kappa shape index (κ3) is 3.24. The molecule has 0 unspecified atom stereocenters. The highest BCUT2D eigenvalue weighted by Crippen LogP contribution is 2.28. The summed E-state index contributed by atoms with van der Waals surface area (Å²) in [5, 5.41) is 0. The number of hydrogen-bond donors (Lipinski definition) is 1. The monoisotopic (exact) mass is 347 g/mol. The Labute approximate surface area is 140 Å². The van der Waals surface area contributed by atoms with Gasteiger partial charge < -0.3 is 10.5 Å². The molecule has 1 amide bonds. The quantitative estimate of drug-likeness (QED) is 0.861. The summed E-state index contributed by atoms with van der Waals surface area (Å²) >= 11 is 0. The normalized spacial score (nSPS) is 21.5. The molecule has 1 aliphatic rings. The highest BCUT2D eigenvalue weighted by molar-refractivity contribution is 7.89. The summed E-state index contributed by atoms with van der Waals surface area (Å²) in [6, 6.07) is 10.5. The molecule has 2 N–H and O–H groups in total. The van der Waals surface area contributed by atoms with Crippen LogP contribution in [0.15, 0.2) is 59.8 Å². The molecule has 0 bridgehead atoms. The Morgan fingerprint density at radius 3 is 2.58 bits per heavy atom. The van der Waals surface area contributed by atoms with Crippen molar-refractivity contribution in [1.82, 2.24) is 9.29 Å². The summed E-state index contributed by atoms with van der Waals surface area (Å²) in [5.74, 6) is -0.170. The minimum Gasteiger partial charge on any atom is -0.487 e. The Kier molecular flexibility index (Phi) is 4.50. The number of ether oxygens (including phenoxy) is 1. The van der Waals surface area contributed by atoms with Gasteiger partial charge in [0, 0.05) is 12.6 Å². The molecule has 1 saturated heterocycles. The van der Waals surface area contributed by atoms with Crippen molar-refractivity contribution in [3.05, 3.63) is 54.9 Å². The lowest BCUT2D eigenvalue weighted by molar-refractivity contribution is -0.121. The van der Waals surface area contributed by atoms with E-state index in [1.165, 1.54) is 18.3 Å². The van der Waals surface area contributed by atoms with Crippen molar-refractivity contribution in [3.8, 4) is 5.75 Å². The maximum Gasteiger partial charge on any atom is 0.243 e. The van der Waals surface area contributed by atoms with E-state index < -0.39 is 28.1 Å². The zero-order chi connectivity index (χ0) is 17.2. The zero-order valence-corrected chi connectivity index (χ0v) is 13.6. The van der Waals surface area contributed by atoms with Crippen molar-refractivity contribution >= 4 is 15.9 Å². The molecular weight excluding hydrogens is 330 g/mol. The van der Waals surface area contributed by atoms with Gasteiger partial charge in [-0.05, 0) is 24.3 Å². The average molecular weight is 347 g/mol. The van der Waals surface area contributed by atoms with Crippen LogP contribution in [0, 0.1) is 0 Å². The number of carbonyl (C=O) groups excluding carboxylic acids is 1. The summed E-state index contributed by atoms with van der Waals surface area (Å²) < 4.78 is 32.5. The van der Waals surface area contributed by atoms with Crippen LogP contribution in [-0.4, -0.2) is 42.3 Å². The first kappa shape index (κ1) is 16.4. The molecule has 2 heterocycles. The highest BCUT2D eigenvalue weighted by Gasteiger charge is 2.44. The minimum atomic E-state index is -3.82. The van der Waals surface area contributed by atoms with Crippen LogP contribution in [0.4, 0.5) is 0 Å². The van der Waals surface area contributed by atoms with Crippen molar-refractivity contribution in [3.63, 3.8) is 0 Å². The molecule has 2 aromatic rings. The molecular formula is C16H17N3O4S. The number of hydrogen-bond acceptors (Lipinski definition) is 5. The van der Waals surface area contributed by atoms with Gasteiger partial charge in [-0.3, -0.25) is 9.78 Å². The van der Waals surface area contributed by atoms with Gasteiger partial charge in [-0.1, -0.05) is 18.2 Å². The number of primary amides is 1. The largest absolute Gasteiger partial charge is 0.487 e. The molecule has 0 radical (unpaired) electrons. The van der Waals surface area contributed by atoms with E-state index in [4.69, 9.17) is 10.5 Å². The van der Waals surface area contributed by atoms with E-state index in [0.717, 1.165) is 4.31 Å². The second-order valence-electron chi connectivity index (χ2n) is 5.47. The average Bonchev–Trinajstić information content (AvgIpc) is 3.01. The van der Waals surface area contributed by atoms with Gasteiger partial charge in [0.1, 0.15) is 17.9 Å². The van der Waals surface area contributed by atoms with E-state index in [2.05, 4.69) is 4.98 Å². The summed E-state index contributed by atoms with van der Waals surface area (Å²) in [7, 11) is -3.82. The number of pyridine rings is 1. The molecule has 1 aromatic carbocycles. The van der Waals surface area contributed by atoms with E-state index in [-0.39, 0.29) is 17.9 Å². The number of aromatic nitrogens is 1. The van der Waals surface area contributed by atoms with Crippen LogP contribution in [-0.2, 0) is 14.8 Å².